The quantitative estimate of drug-likeness (QED) is 0.711. The third-order valence-corrected chi connectivity index (χ3v) is 5.22. The number of halogens is 3. The van der Waals surface area contributed by atoms with Gasteiger partial charge >= 0.3 is 12.1 Å². The number of carbonyl (C=O) groups excluding carboxylic acids is 1. The van der Waals surface area contributed by atoms with Gasteiger partial charge in [-0.2, -0.15) is 13.2 Å². The van der Waals surface area contributed by atoms with E-state index in [1.54, 1.807) is 0 Å². The average Bonchev–Trinajstić information content (AvgIpc) is 3.30. The largest absolute Gasteiger partial charge is 0.421 e. The minimum atomic E-state index is -4.76. The molecule has 0 spiro atoms. The Hall–Kier alpha value is -2.36. The first kappa shape index (κ1) is 19.4. The summed E-state index contributed by atoms with van der Waals surface area (Å²) < 4.78 is 73.8. The number of nitrogens with zero attached hydrogens (tertiary/aromatic N) is 1. The molecule has 1 aliphatic rings. The fourth-order valence-corrected chi connectivity index (χ4v) is 3.33. The molecule has 1 saturated carbocycles. The molecule has 3 rings (SSSR count). The molecule has 0 N–H and O–H groups in total. The van der Waals surface area contributed by atoms with Crippen molar-refractivity contribution >= 4 is 15.8 Å². The molecule has 27 heavy (non-hydrogen) atoms. The van der Waals surface area contributed by atoms with Crippen molar-refractivity contribution in [2.24, 2.45) is 0 Å². The first-order valence-corrected chi connectivity index (χ1v) is 9.93. The van der Waals surface area contributed by atoms with E-state index in [0.717, 1.165) is 31.2 Å². The fraction of sp³-hybridized carbons (Fsp3) is 0.412. The summed E-state index contributed by atoms with van der Waals surface area (Å²) >= 11 is 0. The summed E-state index contributed by atoms with van der Waals surface area (Å²) in [5.41, 5.74) is -1.22. The maximum absolute atomic E-state index is 13.4. The van der Waals surface area contributed by atoms with Crippen LogP contribution >= 0.6 is 0 Å². The highest BCUT2D eigenvalue weighted by Crippen LogP contribution is 2.46. The van der Waals surface area contributed by atoms with Crippen LogP contribution < -0.4 is 4.74 Å². The van der Waals surface area contributed by atoms with Gasteiger partial charge in [0.15, 0.2) is 21.3 Å². The normalized spacial score (nSPS) is 15.0. The Morgan fingerprint density at radius 1 is 1.33 bits per heavy atom. The third kappa shape index (κ3) is 4.32. The topological polar surface area (TPSA) is 86.5 Å². The van der Waals surface area contributed by atoms with Crippen LogP contribution in [0.1, 0.15) is 48.3 Å². The summed E-state index contributed by atoms with van der Waals surface area (Å²) in [7, 11) is -3.80. The number of sulfone groups is 1. The van der Waals surface area contributed by atoms with E-state index in [-0.39, 0.29) is 29.3 Å². The van der Waals surface area contributed by atoms with Crippen LogP contribution in [0.3, 0.4) is 0 Å². The second kappa shape index (κ2) is 6.66. The van der Waals surface area contributed by atoms with E-state index >= 15 is 0 Å². The zero-order valence-corrected chi connectivity index (χ0v) is 15.3. The van der Waals surface area contributed by atoms with E-state index in [0.29, 0.717) is 11.8 Å². The highest BCUT2D eigenvalue weighted by Gasteiger charge is 2.37. The molecule has 1 heterocycles. The van der Waals surface area contributed by atoms with Gasteiger partial charge in [-0.3, -0.25) is 4.79 Å². The smallest absolute Gasteiger partial charge is 0.416 e. The van der Waals surface area contributed by atoms with Gasteiger partial charge in [-0.15, -0.1) is 0 Å². The van der Waals surface area contributed by atoms with Gasteiger partial charge in [0.25, 0.3) is 0 Å². The van der Waals surface area contributed by atoms with Gasteiger partial charge in [-0.25, -0.2) is 8.42 Å². The molecular formula is C17H16F3NO5S. The van der Waals surface area contributed by atoms with Crippen molar-refractivity contribution in [1.82, 2.24) is 5.16 Å². The molecule has 0 atom stereocenters. The summed E-state index contributed by atoms with van der Waals surface area (Å²) in [6.45, 7) is 1.18. The summed E-state index contributed by atoms with van der Waals surface area (Å²) in [4.78, 5) is 10.9. The minimum absolute atomic E-state index is 0.0373. The molecule has 1 fully saturated rings. The Labute approximate surface area is 153 Å². The number of alkyl halides is 3. The Morgan fingerprint density at radius 3 is 2.52 bits per heavy atom. The van der Waals surface area contributed by atoms with Gasteiger partial charge in [0, 0.05) is 25.5 Å². The molecule has 146 valence electrons. The van der Waals surface area contributed by atoms with Crippen LogP contribution in [0.25, 0.3) is 0 Å². The van der Waals surface area contributed by atoms with Crippen LogP contribution in [-0.2, 0) is 27.2 Å². The Balaban J connectivity index is 2.04. The van der Waals surface area contributed by atoms with Gasteiger partial charge in [-0.1, -0.05) is 11.2 Å². The number of carbonyl (C=O) groups is 1. The lowest BCUT2D eigenvalue weighted by Crippen LogP contribution is -2.12. The molecule has 0 saturated heterocycles. The number of hydrogen-bond donors (Lipinski definition) is 0. The predicted octanol–water partition coefficient (Wildman–Crippen LogP) is 3.49. The molecule has 0 bridgehead atoms. The number of esters is 1. The van der Waals surface area contributed by atoms with Gasteiger partial charge in [-0.05, 0) is 30.5 Å². The van der Waals surface area contributed by atoms with Crippen LogP contribution in [0.5, 0.6) is 5.75 Å². The van der Waals surface area contributed by atoms with Crippen LogP contribution in [0.2, 0.25) is 0 Å². The van der Waals surface area contributed by atoms with E-state index in [1.165, 1.54) is 6.92 Å². The SMILES string of the molecule is CC(=O)Oc1c(Cc2ccc(S(C)(=O)=O)cc2C(F)(F)F)noc1C1CC1. The molecule has 1 aromatic carbocycles. The van der Waals surface area contributed by atoms with Crippen LogP contribution in [0.15, 0.2) is 27.6 Å². The predicted molar refractivity (Wildman–Crippen MR) is 87.1 cm³/mol. The van der Waals surface area contributed by atoms with E-state index in [1.807, 2.05) is 0 Å². The Kier molecular flexibility index (Phi) is 4.79. The molecule has 10 heteroatoms. The van der Waals surface area contributed by atoms with Gasteiger partial charge in [0.1, 0.15) is 5.69 Å². The number of aromatic nitrogens is 1. The summed E-state index contributed by atoms with van der Waals surface area (Å²) in [6.07, 6.45) is -2.61. The zero-order valence-electron chi connectivity index (χ0n) is 14.5. The lowest BCUT2D eigenvalue weighted by molar-refractivity contribution is -0.138. The summed E-state index contributed by atoms with van der Waals surface area (Å²) in [5.74, 6) is -0.202. The molecule has 0 unspecified atom stereocenters. The highest BCUT2D eigenvalue weighted by molar-refractivity contribution is 7.90. The highest BCUT2D eigenvalue weighted by atomic mass is 32.2. The monoisotopic (exact) mass is 403 g/mol. The van der Waals surface area contributed by atoms with Crippen molar-refractivity contribution in [3.05, 3.63) is 40.8 Å². The molecule has 0 aliphatic heterocycles. The number of ether oxygens (including phenoxy) is 1. The van der Waals surface area contributed by atoms with Gasteiger partial charge < -0.3 is 9.26 Å². The van der Waals surface area contributed by atoms with Crippen LogP contribution in [0.4, 0.5) is 13.2 Å². The number of rotatable bonds is 5. The fourth-order valence-electron chi connectivity index (χ4n) is 2.68. The second-order valence-electron chi connectivity index (χ2n) is 6.46. The molecule has 0 amide bonds. The lowest BCUT2D eigenvalue weighted by atomic mass is 10.0. The van der Waals surface area contributed by atoms with E-state index in [2.05, 4.69) is 5.16 Å². The maximum atomic E-state index is 13.4. The zero-order chi connectivity index (χ0) is 20.0. The first-order valence-electron chi connectivity index (χ1n) is 8.04. The molecule has 1 aliphatic carbocycles. The minimum Gasteiger partial charge on any atom is -0.421 e. The van der Waals surface area contributed by atoms with E-state index in [9.17, 15) is 26.4 Å². The summed E-state index contributed by atoms with van der Waals surface area (Å²) in [5, 5.41) is 3.78. The van der Waals surface area contributed by atoms with Crippen molar-refractivity contribution in [3.63, 3.8) is 0 Å². The molecular weight excluding hydrogens is 387 g/mol. The summed E-state index contributed by atoms with van der Waals surface area (Å²) in [6, 6.07) is 2.79. The number of hydrogen-bond acceptors (Lipinski definition) is 6. The van der Waals surface area contributed by atoms with E-state index in [4.69, 9.17) is 9.26 Å². The van der Waals surface area contributed by atoms with Crippen molar-refractivity contribution < 1.29 is 35.6 Å². The van der Waals surface area contributed by atoms with Gasteiger partial charge in [0.2, 0.25) is 0 Å². The molecule has 1 aromatic heterocycles. The number of benzene rings is 1. The second-order valence-corrected chi connectivity index (χ2v) is 8.47. The first-order chi connectivity index (χ1) is 12.5. The van der Waals surface area contributed by atoms with E-state index < -0.39 is 32.4 Å². The van der Waals surface area contributed by atoms with Gasteiger partial charge in [0.05, 0.1) is 10.5 Å². The lowest BCUT2D eigenvalue weighted by Gasteiger charge is -2.14. The molecule has 0 radical (unpaired) electrons. The Morgan fingerprint density at radius 2 is 2.00 bits per heavy atom. The third-order valence-electron chi connectivity index (χ3n) is 4.11. The van der Waals surface area contributed by atoms with Crippen LogP contribution in [-0.4, -0.2) is 25.8 Å². The standard InChI is InChI=1S/C17H16F3NO5S/c1-9(22)25-16-14(21-26-15(16)10-3-4-10)7-11-5-6-12(27(2,23)24)8-13(11)17(18,19)20/h5-6,8,10H,3-4,7H2,1-2H3. The van der Waals surface area contributed by atoms with Crippen molar-refractivity contribution in [1.29, 1.82) is 0 Å². The van der Waals surface area contributed by atoms with Crippen molar-refractivity contribution in [2.75, 3.05) is 6.26 Å². The molecule has 2 aromatic rings. The Bertz CT molecular complexity index is 990. The van der Waals surface area contributed by atoms with Crippen LogP contribution in [0, 0.1) is 0 Å². The van der Waals surface area contributed by atoms with Crippen molar-refractivity contribution in [3.8, 4) is 5.75 Å². The maximum Gasteiger partial charge on any atom is 0.416 e. The van der Waals surface area contributed by atoms with Crippen molar-refractivity contribution in [2.45, 2.75) is 43.2 Å². The molecule has 6 nitrogen and oxygen atoms in total. The average molecular weight is 403 g/mol.